The predicted molar refractivity (Wildman–Crippen MR) is 50.8 cm³/mol. The summed E-state index contributed by atoms with van der Waals surface area (Å²) < 4.78 is 10.3. The number of hydrogen-bond donors (Lipinski definition) is 0. The summed E-state index contributed by atoms with van der Waals surface area (Å²) in [5.74, 6) is -0.605. The summed E-state index contributed by atoms with van der Waals surface area (Å²) in [6.07, 6.45) is 3.08. The molecule has 0 saturated carbocycles. The SMILES string of the molecule is CCOC(=O)[C@@H]1CO[C@]2(C)C=CC(=O)N12. The van der Waals surface area contributed by atoms with Crippen LogP contribution in [0.3, 0.4) is 0 Å². The summed E-state index contributed by atoms with van der Waals surface area (Å²) >= 11 is 0. The van der Waals surface area contributed by atoms with Gasteiger partial charge in [-0.25, -0.2) is 4.79 Å². The Kier molecular flexibility index (Phi) is 2.26. The van der Waals surface area contributed by atoms with Crippen LogP contribution in [-0.2, 0) is 19.1 Å². The Labute approximate surface area is 87.6 Å². The van der Waals surface area contributed by atoms with Crippen LogP contribution in [0.15, 0.2) is 12.2 Å². The van der Waals surface area contributed by atoms with Crippen LogP contribution >= 0.6 is 0 Å². The molecular weight excluding hydrogens is 198 g/mol. The largest absolute Gasteiger partial charge is 0.464 e. The van der Waals surface area contributed by atoms with E-state index in [9.17, 15) is 9.59 Å². The van der Waals surface area contributed by atoms with E-state index in [4.69, 9.17) is 9.47 Å². The second-order valence-corrected chi connectivity index (χ2v) is 3.68. The quantitative estimate of drug-likeness (QED) is 0.606. The molecule has 2 heterocycles. The van der Waals surface area contributed by atoms with Crippen molar-refractivity contribution < 1.29 is 19.1 Å². The maximum atomic E-state index is 11.6. The topological polar surface area (TPSA) is 55.8 Å². The first kappa shape index (κ1) is 10.2. The van der Waals surface area contributed by atoms with Crippen LogP contribution in [-0.4, -0.2) is 41.8 Å². The van der Waals surface area contributed by atoms with E-state index in [-0.39, 0.29) is 12.5 Å². The van der Waals surface area contributed by atoms with Crippen LogP contribution in [0.5, 0.6) is 0 Å². The number of nitrogens with zero attached hydrogens (tertiary/aromatic N) is 1. The fourth-order valence-corrected chi connectivity index (χ4v) is 1.92. The van der Waals surface area contributed by atoms with Crippen molar-refractivity contribution in [2.45, 2.75) is 25.6 Å². The molecule has 1 saturated heterocycles. The normalized spacial score (nSPS) is 33.3. The third-order valence-electron chi connectivity index (χ3n) is 2.65. The number of ether oxygens (including phenoxy) is 2. The van der Waals surface area contributed by atoms with Crippen molar-refractivity contribution in [1.82, 2.24) is 4.90 Å². The zero-order chi connectivity index (χ0) is 11.1. The van der Waals surface area contributed by atoms with Crippen LogP contribution in [0, 0.1) is 0 Å². The molecular formula is C10H13NO4. The number of amides is 1. The molecule has 1 fully saturated rings. The fraction of sp³-hybridized carbons (Fsp3) is 0.600. The molecule has 0 bridgehead atoms. The van der Waals surface area contributed by atoms with Crippen molar-refractivity contribution in [2.24, 2.45) is 0 Å². The standard InChI is InChI=1S/C10H13NO4/c1-3-14-9(13)7-6-15-10(2)5-4-8(12)11(7)10/h4-5,7H,3,6H2,1-2H3/t7-,10+/m0/s1. The zero-order valence-electron chi connectivity index (χ0n) is 8.73. The highest BCUT2D eigenvalue weighted by Gasteiger charge is 2.51. The van der Waals surface area contributed by atoms with Crippen molar-refractivity contribution in [3.63, 3.8) is 0 Å². The third kappa shape index (κ3) is 1.43. The summed E-state index contributed by atoms with van der Waals surface area (Å²) in [5, 5.41) is 0. The molecule has 2 rings (SSSR count). The maximum absolute atomic E-state index is 11.6. The molecule has 82 valence electrons. The Bertz CT molecular complexity index is 338. The molecule has 2 atom stereocenters. The molecule has 0 aromatic rings. The maximum Gasteiger partial charge on any atom is 0.331 e. The van der Waals surface area contributed by atoms with E-state index in [0.717, 1.165) is 0 Å². The van der Waals surface area contributed by atoms with E-state index in [2.05, 4.69) is 0 Å². The average molecular weight is 211 g/mol. The van der Waals surface area contributed by atoms with Gasteiger partial charge in [0.25, 0.3) is 0 Å². The van der Waals surface area contributed by atoms with Crippen LogP contribution in [0.25, 0.3) is 0 Å². The Morgan fingerprint density at radius 2 is 2.53 bits per heavy atom. The van der Waals surface area contributed by atoms with Gasteiger partial charge in [-0.1, -0.05) is 0 Å². The van der Waals surface area contributed by atoms with E-state index >= 15 is 0 Å². The Morgan fingerprint density at radius 3 is 3.20 bits per heavy atom. The van der Waals surface area contributed by atoms with E-state index in [1.54, 1.807) is 19.9 Å². The lowest BCUT2D eigenvalue weighted by Crippen LogP contribution is -2.47. The summed E-state index contributed by atoms with van der Waals surface area (Å²) in [4.78, 5) is 24.5. The van der Waals surface area contributed by atoms with Crippen LogP contribution in [0.1, 0.15) is 13.8 Å². The van der Waals surface area contributed by atoms with Gasteiger partial charge < -0.3 is 9.47 Å². The Hall–Kier alpha value is -1.36. The molecule has 0 spiro atoms. The summed E-state index contributed by atoms with van der Waals surface area (Å²) in [6, 6.07) is -0.613. The molecule has 0 N–H and O–H groups in total. The summed E-state index contributed by atoms with van der Waals surface area (Å²) in [5.41, 5.74) is -0.769. The van der Waals surface area contributed by atoms with Gasteiger partial charge in [-0.05, 0) is 19.9 Å². The highest BCUT2D eigenvalue weighted by atomic mass is 16.6. The lowest BCUT2D eigenvalue weighted by atomic mass is 10.2. The van der Waals surface area contributed by atoms with E-state index in [0.29, 0.717) is 6.61 Å². The fourth-order valence-electron chi connectivity index (χ4n) is 1.92. The van der Waals surface area contributed by atoms with Gasteiger partial charge in [0.2, 0.25) is 5.91 Å². The minimum atomic E-state index is -0.769. The zero-order valence-corrected chi connectivity index (χ0v) is 8.73. The van der Waals surface area contributed by atoms with Gasteiger partial charge in [0.15, 0.2) is 11.8 Å². The van der Waals surface area contributed by atoms with Crippen molar-refractivity contribution in [1.29, 1.82) is 0 Å². The summed E-state index contributed by atoms with van der Waals surface area (Å²) in [7, 11) is 0. The lowest BCUT2D eigenvalue weighted by Gasteiger charge is -2.27. The average Bonchev–Trinajstić information content (AvgIpc) is 2.66. The van der Waals surface area contributed by atoms with E-state index in [1.807, 2.05) is 0 Å². The van der Waals surface area contributed by atoms with Crippen LogP contribution in [0.2, 0.25) is 0 Å². The molecule has 5 nitrogen and oxygen atoms in total. The van der Waals surface area contributed by atoms with Crippen molar-refractivity contribution in [3.8, 4) is 0 Å². The second-order valence-electron chi connectivity index (χ2n) is 3.68. The van der Waals surface area contributed by atoms with E-state index < -0.39 is 17.7 Å². The Balaban J connectivity index is 2.18. The van der Waals surface area contributed by atoms with Gasteiger partial charge in [-0.15, -0.1) is 0 Å². The smallest absolute Gasteiger partial charge is 0.331 e. The Morgan fingerprint density at radius 1 is 1.80 bits per heavy atom. The van der Waals surface area contributed by atoms with Gasteiger partial charge >= 0.3 is 5.97 Å². The van der Waals surface area contributed by atoms with Gasteiger partial charge in [0.1, 0.15) is 0 Å². The van der Waals surface area contributed by atoms with Gasteiger partial charge in [0, 0.05) is 6.08 Å². The minimum Gasteiger partial charge on any atom is -0.464 e. The molecule has 15 heavy (non-hydrogen) atoms. The molecule has 0 radical (unpaired) electrons. The molecule has 0 aromatic carbocycles. The van der Waals surface area contributed by atoms with Gasteiger partial charge in [-0.3, -0.25) is 9.69 Å². The number of carbonyl (C=O) groups excluding carboxylic acids is 2. The monoisotopic (exact) mass is 211 g/mol. The first-order valence-electron chi connectivity index (χ1n) is 4.91. The van der Waals surface area contributed by atoms with Crippen molar-refractivity contribution in [2.75, 3.05) is 13.2 Å². The number of esters is 1. The summed E-state index contributed by atoms with van der Waals surface area (Å²) in [6.45, 7) is 4.00. The number of fused-ring (bicyclic) bond motifs is 1. The van der Waals surface area contributed by atoms with E-state index in [1.165, 1.54) is 11.0 Å². The van der Waals surface area contributed by atoms with Crippen LogP contribution < -0.4 is 0 Å². The van der Waals surface area contributed by atoms with Crippen molar-refractivity contribution in [3.05, 3.63) is 12.2 Å². The predicted octanol–water partition coefficient (Wildman–Crippen LogP) is 0.0629. The van der Waals surface area contributed by atoms with Crippen LogP contribution in [0.4, 0.5) is 0 Å². The number of carbonyl (C=O) groups is 2. The number of hydrogen-bond acceptors (Lipinski definition) is 4. The molecule has 0 unspecified atom stereocenters. The third-order valence-corrected chi connectivity index (χ3v) is 2.65. The van der Waals surface area contributed by atoms with Crippen molar-refractivity contribution >= 4 is 11.9 Å². The highest BCUT2D eigenvalue weighted by molar-refractivity contribution is 5.95. The lowest BCUT2D eigenvalue weighted by molar-refractivity contribution is -0.153. The highest BCUT2D eigenvalue weighted by Crippen LogP contribution is 2.33. The molecule has 1 amide bonds. The molecule has 2 aliphatic heterocycles. The van der Waals surface area contributed by atoms with Gasteiger partial charge in [0.05, 0.1) is 13.2 Å². The molecule has 5 heteroatoms. The molecule has 0 aromatic heterocycles. The minimum absolute atomic E-state index is 0.200. The second kappa shape index (κ2) is 3.34. The molecule has 0 aliphatic carbocycles. The first-order chi connectivity index (χ1) is 7.08. The molecule has 2 aliphatic rings. The van der Waals surface area contributed by atoms with Gasteiger partial charge in [-0.2, -0.15) is 0 Å². The first-order valence-corrected chi connectivity index (χ1v) is 4.91. The number of rotatable bonds is 2.